The number of hydrogen-bond donors (Lipinski definition) is 1. The molecule has 39 heavy (non-hydrogen) atoms. The number of aromatic amines is 1. The van der Waals surface area contributed by atoms with E-state index in [1.54, 1.807) is 0 Å². The van der Waals surface area contributed by atoms with Crippen molar-refractivity contribution in [2.75, 3.05) is 0 Å². The van der Waals surface area contributed by atoms with Gasteiger partial charge < -0.3 is 4.98 Å². The highest BCUT2D eigenvalue weighted by atomic mass is 35.5. The molecule has 3 aromatic heterocycles. The van der Waals surface area contributed by atoms with Crippen LogP contribution in [0.25, 0.3) is 11.2 Å². The van der Waals surface area contributed by atoms with Crippen LogP contribution >= 0.6 is 11.6 Å². The van der Waals surface area contributed by atoms with E-state index in [0.717, 1.165) is 15.8 Å². The number of benzene rings is 1. The molecular formula is C22H21ClF6N8O2. The van der Waals surface area contributed by atoms with Crippen molar-refractivity contribution in [3.8, 4) is 0 Å². The number of tetrazole rings is 1. The number of rotatable bonds is 9. The molecule has 210 valence electrons. The minimum absolute atomic E-state index is 0.0182. The van der Waals surface area contributed by atoms with Gasteiger partial charge in [0.1, 0.15) is 0 Å². The lowest BCUT2D eigenvalue weighted by Gasteiger charge is -2.14. The maximum absolute atomic E-state index is 13.4. The van der Waals surface area contributed by atoms with Crippen LogP contribution < -0.4 is 11.2 Å². The summed E-state index contributed by atoms with van der Waals surface area (Å²) in [6.45, 7) is 2.21. The molecule has 0 aliphatic heterocycles. The molecular weight excluding hydrogens is 558 g/mol. The molecule has 0 fully saturated rings. The monoisotopic (exact) mass is 578 g/mol. The maximum Gasteiger partial charge on any atom is 0.416 e. The van der Waals surface area contributed by atoms with E-state index in [2.05, 4.69) is 25.4 Å². The number of unbranched alkanes of at least 4 members (excludes halogenated alkanes) is 1. The Labute approximate surface area is 220 Å². The highest BCUT2D eigenvalue weighted by Gasteiger charge is 2.37. The summed E-state index contributed by atoms with van der Waals surface area (Å²) in [5, 5.41) is 11.3. The molecule has 10 nitrogen and oxygen atoms in total. The van der Waals surface area contributed by atoms with Gasteiger partial charge in [0, 0.05) is 19.5 Å². The van der Waals surface area contributed by atoms with Gasteiger partial charge in [0.05, 0.1) is 17.7 Å². The van der Waals surface area contributed by atoms with Gasteiger partial charge in [-0.05, 0) is 53.4 Å². The summed E-state index contributed by atoms with van der Waals surface area (Å²) in [6, 6.07) is 1.15. The van der Waals surface area contributed by atoms with Crippen LogP contribution in [0.5, 0.6) is 0 Å². The fourth-order valence-corrected chi connectivity index (χ4v) is 4.20. The van der Waals surface area contributed by atoms with Crippen molar-refractivity contribution in [1.29, 1.82) is 0 Å². The van der Waals surface area contributed by atoms with Crippen LogP contribution in [0.4, 0.5) is 26.3 Å². The molecule has 0 radical (unpaired) electrons. The first-order valence-corrected chi connectivity index (χ1v) is 12.1. The molecule has 1 N–H and O–H groups in total. The number of nitrogens with one attached hydrogen (secondary N) is 1. The van der Waals surface area contributed by atoms with Gasteiger partial charge in [0.2, 0.25) is 5.28 Å². The van der Waals surface area contributed by atoms with Crippen LogP contribution in [-0.2, 0) is 38.4 Å². The smallest absolute Gasteiger partial charge is 0.323 e. The lowest BCUT2D eigenvalue weighted by molar-refractivity contribution is -0.141. The first-order valence-electron chi connectivity index (χ1n) is 11.7. The Morgan fingerprint density at radius 3 is 2.36 bits per heavy atom. The van der Waals surface area contributed by atoms with Crippen LogP contribution in [-0.4, -0.2) is 39.3 Å². The molecule has 1 aromatic carbocycles. The second-order valence-electron chi connectivity index (χ2n) is 8.67. The summed E-state index contributed by atoms with van der Waals surface area (Å²) in [5.74, 6) is -0.229. The van der Waals surface area contributed by atoms with Crippen molar-refractivity contribution in [2.45, 2.75) is 64.6 Å². The van der Waals surface area contributed by atoms with E-state index in [1.807, 2.05) is 6.92 Å². The SMILES string of the molecule is CCCCn1c(=O)n(CCCn2nnc(Cc3cc(C(F)(F)F)ccc3C(F)(F)F)n2)c(=O)c2[nH]c(Cl)nc21. The molecule has 17 heteroatoms. The number of hydrogen-bond acceptors (Lipinski definition) is 6. The lowest BCUT2D eigenvalue weighted by atomic mass is 10.0. The molecule has 0 amide bonds. The third kappa shape index (κ3) is 6.15. The first kappa shape index (κ1) is 28.3. The van der Waals surface area contributed by atoms with Gasteiger partial charge in [-0.2, -0.15) is 36.1 Å². The van der Waals surface area contributed by atoms with Gasteiger partial charge in [-0.1, -0.05) is 13.3 Å². The molecule has 0 saturated heterocycles. The second-order valence-corrected chi connectivity index (χ2v) is 9.03. The van der Waals surface area contributed by atoms with Crippen LogP contribution in [0.3, 0.4) is 0 Å². The van der Waals surface area contributed by atoms with E-state index in [4.69, 9.17) is 11.6 Å². The normalized spacial score (nSPS) is 12.5. The van der Waals surface area contributed by atoms with Crippen molar-refractivity contribution < 1.29 is 26.3 Å². The standard InChI is InChI=1S/C22H21ClF6N8O2/c1-2-3-7-35-17-16(30-19(23)31-17)18(38)36(20(35)39)8-4-9-37-33-15(32-34-37)11-12-10-13(21(24,25)26)5-6-14(12)22(27,28)29/h5-6,10H,2-4,7-9,11H2,1H3,(H,30,31). The number of aromatic nitrogens is 8. The van der Waals surface area contributed by atoms with E-state index >= 15 is 0 Å². The predicted octanol–water partition coefficient (Wildman–Crippen LogP) is 4.05. The van der Waals surface area contributed by atoms with E-state index in [9.17, 15) is 35.9 Å². The Kier molecular flexibility index (Phi) is 7.86. The summed E-state index contributed by atoms with van der Waals surface area (Å²) < 4.78 is 81.6. The predicted molar refractivity (Wildman–Crippen MR) is 126 cm³/mol. The minimum Gasteiger partial charge on any atom is -0.323 e. The Balaban J connectivity index is 1.52. The van der Waals surface area contributed by atoms with E-state index in [0.29, 0.717) is 31.2 Å². The number of halogens is 7. The van der Waals surface area contributed by atoms with Crippen molar-refractivity contribution in [2.24, 2.45) is 0 Å². The average molecular weight is 579 g/mol. The topological polar surface area (TPSA) is 116 Å². The van der Waals surface area contributed by atoms with Crippen LogP contribution in [0.15, 0.2) is 27.8 Å². The maximum atomic E-state index is 13.4. The Morgan fingerprint density at radius 1 is 0.974 bits per heavy atom. The first-order chi connectivity index (χ1) is 18.3. The van der Waals surface area contributed by atoms with Crippen molar-refractivity contribution in [3.63, 3.8) is 0 Å². The molecule has 0 saturated carbocycles. The molecule has 0 atom stereocenters. The Bertz CT molecular complexity index is 1600. The van der Waals surface area contributed by atoms with E-state index in [1.165, 1.54) is 4.57 Å². The third-order valence-corrected chi connectivity index (χ3v) is 6.07. The molecule has 0 bridgehead atoms. The molecule has 4 rings (SSSR count). The average Bonchev–Trinajstić information content (AvgIpc) is 3.46. The van der Waals surface area contributed by atoms with E-state index in [-0.39, 0.29) is 41.8 Å². The van der Waals surface area contributed by atoms with Crippen LogP contribution in [0.1, 0.15) is 48.7 Å². The fourth-order valence-electron chi connectivity index (χ4n) is 4.03. The number of aryl methyl sites for hydroxylation is 2. The van der Waals surface area contributed by atoms with Gasteiger partial charge in [-0.25, -0.2) is 4.79 Å². The number of alkyl halides is 6. The summed E-state index contributed by atoms with van der Waals surface area (Å²) in [6.07, 6.45) is -8.75. The minimum atomic E-state index is -4.88. The quantitative estimate of drug-likeness (QED) is 0.237. The van der Waals surface area contributed by atoms with E-state index < -0.39 is 46.7 Å². The second kappa shape index (κ2) is 10.8. The summed E-state index contributed by atoms with van der Waals surface area (Å²) in [5.41, 5.74) is -4.11. The van der Waals surface area contributed by atoms with Gasteiger partial charge >= 0.3 is 18.0 Å². The molecule has 0 aliphatic carbocycles. The highest BCUT2D eigenvalue weighted by molar-refractivity contribution is 6.28. The highest BCUT2D eigenvalue weighted by Crippen LogP contribution is 2.37. The number of H-pyrrole nitrogens is 1. The van der Waals surface area contributed by atoms with Gasteiger partial charge in [0.25, 0.3) is 5.56 Å². The van der Waals surface area contributed by atoms with Crippen LogP contribution in [0.2, 0.25) is 5.28 Å². The Morgan fingerprint density at radius 2 is 1.69 bits per heavy atom. The summed E-state index contributed by atoms with van der Waals surface area (Å²) in [7, 11) is 0. The van der Waals surface area contributed by atoms with Gasteiger partial charge in [0.15, 0.2) is 17.0 Å². The number of imidazole rings is 1. The van der Waals surface area contributed by atoms with Crippen LogP contribution in [0, 0.1) is 0 Å². The van der Waals surface area contributed by atoms with Gasteiger partial charge in [-0.15, -0.1) is 10.2 Å². The van der Waals surface area contributed by atoms with Crippen molar-refractivity contribution in [3.05, 3.63) is 66.8 Å². The zero-order chi connectivity index (χ0) is 28.5. The zero-order valence-corrected chi connectivity index (χ0v) is 21.0. The molecule has 0 spiro atoms. The molecule has 4 aromatic rings. The molecule has 3 heterocycles. The van der Waals surface area contributed by atoms with Crippen molar-refractivity contribution in [1.82, 2.24) is 39.3 Å². The van der Waals surface area contributed by atoms with Crippen molar-refractivity contribution >= 4 is 22.8 Å². The Hall–Kier alpha value is -3.69. The molecule has 0 unspecified atom stereocenters. The summed E-state index contributed by atoms with van der Waals surface area (Å²) in [4.78, 5) is 33.5. The van der Waals surface area contributed by atoms with Gasteiger partial charge in [-0.3, -0.25) is 13.9 Å². The molecule has 0 aliphatic rings. The fraction of sp³-hybridized carbons (Fsp3) is 0.455. The zero-order valence-electron chi connectivity index (χ0n) is 20.3. The third-order valence-electron chi connectivity index (χ3n) is 5.89. The number of fused-ring (bicyclic) bond motifs is 1. The lowest BCUT2D eigenvalue weighted by Crippen LogP contribution is -2.40. The summed E-state index contributed by atoms with van der Waals surface area (Å²) >= 11 is 5.90. The number of nitrogens with zero attached hydrogens (tertiary/aromatic N) is 7. The largest absolute Gasteiger partial charge is 0.416 e.